The van der Waals surface area contributed by atoms with Crippen molar-refractivity contribution in [3.63, 3.8) is 0 Å². The molecule has 0 bridgehead atoms. The van der Waals surface area contributed by atoms with E-state index in [1.54, 1.807) is 17.6 Å². The molecule has 0 amide bonds. The summed E-state index contributed by atoms with van der Waals surface area (Å²) in [6, 6.07) is 7.95. The topological polar surface area (TPSA) is 70.9 Å². The minimum Gasteiger partial charge on any atom is -0.468 e. The lowest BCUT2D eigenvalue weighted by Crippen LogP contribution is -2.21. The van der Waals surface area contributed by atoms with Crippen molar-refractivity contribution in [1.29, 1.82) is 0 Å². The average molecular weight is 371 g/mol. The number of furan rings is 1. The van der Waals surface area contributed by atoms with Crippen LogP contribution in [-0.2, 0) is 6.54 Å². The van der Waals surface area contributed by atoms with Gasteiger partial charge in [-0.3, -0.25) is 4.79 Å². The van der Waals surface area contributed by atoms with E-state index in [1.807, 2.05) is 24.4 Å². The molecule has 0 aliphatic carbocycles. The zero-order valence-electron chi connectivity index (χ0n) is 13.8. The number of thiophene rings is 2. The molecule has 4 rings (SSSR count). The standard InChI is InChI=1S/C18H17N3O2S2/c1-10-5-6-14(25-10)12-9-24-18-16(12)17(22)20-15(21-18)8-19-11(2)13-4-3-7-23-13/h3-7,9,11,19H,8H2,1-2H3,(H,20,21,22)/t11-/m1/s1. The maximum Gasteiger partial charge on any atom is 0.260 e. The molecule has 0 saturated heterocycles. The Morgan fingerprint density at radius 1 is 1.36 bits per heavy atom. The smallest absolute Gasteiger partial charge is 0.260 e. The Balaban J connectivity index is 1.61. The summed E-state index contributed by atoms with van der Waals surface area (Å²) >= 11 is 3.20. The summed E-state index contributed by atoms with van der Waals surface area (Å²) in [4.78, 5) is 23.2. The van der Waals surface area contributed by atoms with Gasteiger partial charge in [-0.15, -0.1) is 22.7 Å². The lowest BCUT2D eigenvalue weighted by atomic mass is 10.2. The zero-order valence-corrected chi connectivity index (χ0v) is 15.5. The van der Waals surface area contributed by atoms with E-state index >= 15 is 0 Å². The number of aromatic amines is 1. The van der Waals surface area contributed by atoms with Crippen LogP contribution in [0.4, 0.5) is 0 Å². The van der Waals surface area contributed by atoms with E-state index in [9.17, 15) is 4.79 Å². The highest BCUT2D eigenvalue weighted by Crippen LogP contribution is 2.34. The second-order valence-corrected chi connectivity index (χ2v) is 8.02. The van der Waals surface area contributed by atoms with E-state index in [2.05, 4.69) is 34.3 Å². The van der Waals surface area contributed by atoms with Crippen molar-refractivity contribution >= 4 is 32.9 Å². The van der Waals surface area contributed by atoms with Crippen LogP contribution >= 0.6 is 22.7 Å². The van der Waals surface area contributed by atoms with E-state index in [0.29, 0.717) is 17.8 Å². The third-order valence-corrected chi connectivity index (χ3v) is 5.95. The highest BCUT2D eigenvalue weighted by molar-refractivity contribution is 7.19. The third-order valence-electron chi connectivity index (χ3n) is 4.04. The second kappa shape index (κ2) is 6.59. The van der Waals surface area contributed by atoms with Gasteiger partial charge < -0.3 is 14.7 Å². The van der Waals surface area contributed by atoms with Crippen molar-refractivity contribution in [2.24, 2.45) is 0 Å². The molecule has 5 nitrogen and oxygen atoms in total. The first-order valence-electron chi connectivity index (χ1n) is 7.96. The van der Waals surface area contributed by atoms with Crippen molar-refractivity contribution in [2.75, 3.05) is 0 Å². The quantitative estimate of drug-likeness (QED) is 0.543. The van der Waals surface area contributed by atoms with E-state index < -0.39 is 0 Å². The van der Waals surface area contributed by atoms with Gasteiger partial charge >= 0.3 is 0 Å². The molecule has 0 aliphatic heterocycles. The Kier molecular flexibility index (Phi) is 4.29. The SMILES string of the molecule is Cc1ccc(-c2csc3nc(CN[C@H](C)c4ccco4)[nH]c(=O)c23)s1. The lowest BCUT2D eigenvalue weighted by molar-refractivity contribution is 0.427. The fourth-order valence-corrected chi connectivity index (χ4v) is 4.65. The second-order valence-electron chi connectivity index (χ2n) is 5.87. The van der Waals surface area contributed by atoms with Crippen molar-refractivity contribution in [3.8, 4) is 10.4 Å². The van der Waals surface area contributed by atoms with Crippen molar-refractivity contribution in [1.82, 2.24) is 15.3 Å². The Morgan fingerprint density at radius 3 is 2.96 bits per heavy atom. The fraction of sp³-hybridized carbons (Fsp3) is 0.222. The normalized spacial score (nSPS) is 12.7. The molecule has 2 N–H and O–H groups in total. The summed E-state index contributed by atoms with van der Waals surface area (Å²) < 4.78 is 5.38. The molecule has 1 atom stereocenters. The van der Waals surface area contributed by atoms with Crippen LogP contribution in [0.2, 0.25) is 0 Å². The Morgan fingerprint density at radius 2 is 2.24 bits per heavy atom. The number of aromatic nitrogens is 2. The first-order chi connectivity index (χ1) is 12.1. The summed E-state index contributed by atoms with van der Waals surface area (Å²) in [6.45, 7) is 4.55. The number of nitrogens with zero attached hydrogens (tertiary/aromatic N) is 1. The molecular formula is C18H17N3O2S2. The van der Waals surface area contributed by atoms with Crippen LogP contribution in [0, 0.1) is 6.92 Å². The van der Waals surface area contributed by atoms with E-state index in [0.717, 1.165) is 21.0 Å². The summed E-state index contributed by atoms with van der Waals surface area (Å²) in [5.41, 5.74) is 0.880. The molecule has 0 spiro atoms. The van der Waals surface area contributed by atoms with Gasteiger partial charge in [-0.1, -0.05) is 0 Å². The summed E-state index contributed by atoms with van der Waals surface area (Å²) in [7, 11) is 0. The molecule has 128 valence electrons. The maximum absolute atomic E-state index is 12.6. The summed E-state index contributed by atoms with van der Waals surface area (Å²) in [5, 5.41) is 6.01. The zero-order chi connectivity index (χ0) is 17.4. The molecule has 0 fully saturated rings. The molecule has 7 heteroatoms. The molecule has 0 aromatic carbocycles. The predicted octanol–water partition coefficient (Wildman–Crippen LogP) is 4.47. The molecule has 0 aliphatic rings. The summed E-state index contributed by atoms with van der Waals surface area (Å²) in [6.07, 6.45) is 1.65. The number of hydrogen-bond acceptors (Lipinski definition) is 6. The van der Waals surface area contributed by atoms with Gasteiger partial charge in [-0.05, 0) is 38.1 Å². The van der Waals surface area contributed by atoms with Gasteiger partial charge in [0.1, 0.15) is 16.4 Å². The summed E-state index contributed by atoms with van der Waals surface area (Å²) in [5.74, 6) is 1.49. The minimum absolute atomic E-state index is 0.0454. The Hall–Kier alpha value is -2.22. The Bertz CT molecular complexity index is 1060. The van der Waals surface area contributed by atoms with Gasteiger partial charge in [-0.25, -0.2) is 4.98 Å². The van der Waals surface area contributed by atoms with Crippen LogP contribution in [0.25, 0.3) is 20.7 Å². The molecule has 4 aromatic rings. The van der Waals surface area contributed by atoms with Crippen LogP contribution in [0.5, 0.6) is 0 Å². The largest absolute Gasteiger partial charge is 0.468 e. The molecule has 0 unspecified atom stereocenters. The minimum atomic E-state index is -0.0882. The van der Waals surface area contributed by atoms with Crippen molar-refractivity contribution in [3.05, 3.63) is 62.7 Å². The number of nitrogens with one attached hydrogen (secondary N) is 2. The number of H-pyrrole nitrogens is 1. The number of rotatable bonds is 5. The van der Waals surface area contributed by atoms with Crippen LogP contribution in [0.15, 0.2) is 45.1 Å². The molecule has 0 radical (unpaired) electrons. The van der Waals surface area contributed by atoms with E-state index in [4.69, 9.17) is 4.42 Å². The number of aryl methyl sites for hydroxylation is 1. The number of hydrogen-bond donors (Lipinski definition) is 2. The van der Waals surface area contributed by atoms with Crippen LogP contribution in [0.3, 0.4) is 0 Å². The lowest BCUT2D eigenvalue weighted by Gasteiger charge is -2.10. The third kappa shape index (κ3) is 3.18. The molecule has 25 heavy (non-hydrogen) atoms. The highest BCUT2D eigenvalue weighted by atomic mass is 32.1. The first-order valence-corrected chi connectivity index (χ1v) is 9.65. The molecular weight excluding hydrogens is 354 g/mol. The predicted molar refractivity (Wildman–Crippen MR) is 102 cm³/mol. The van der Waals surface area contributed by atoms with Gasteiger partial charge in [-0.2, -0.15) is 0 Å². The van der Waals surface area contributed by atoms with Gasteiger partial charge in [0, 0.05) is 20.7 Å². The van der Waals surface area contributed by atoms with Gasteiger partial charge in [0.05, 0.1) is 24.2 Å². The number of fused-ring (bicyclic) bond motifs is 1. The van der Waals surface area contributed by atoms with Crippen LogP contribution in [0.1, 0.15) is 29.4 Å². The van der Waals surface area contributed by atoms with Crippen molar-refractivity contribution < 1.29 is 4.42 Å². The average Bonchev–Trinajstić information content (AvgIpc) is 3.32. The van der Waals surface area contributed by atoms with Gasteiger partial charge in [0.15, 0.2) is 0 Å². The van der Waals surface area contributed by atoms with Crippen molar-refractivity contribution in [2.45, 2.75) is 26.4 Å². The van der Waals surface area contributed by atoms with Gasteiger partial charge in [0.2, 0.25) is 0 Å². The Labute approximate surface area is 152 Å². The molecule has 4 aromatic heterocycles. The monoisotopic (exact) mass is 371 g/mol. The first kappa shape index (κ1) is 16.3. The highest BCUT2D eigenvalue weighted by Gasteiger charge is 2.15. The van der Waals surface area contributed by atoms with Gasteiger partial charge in [0.25, 0.3) is 5.56 Å². The fourth-order valence-electron chi connectivity index (χ4n) is 2.73. The van der Waals surface area contributed by atoms with E-state index in [-0.39, 0.29) is 11.6 Å². The van der Waals surface area contributed by atoms with Crippen LogP contribution < -0.4 is 10.9 Å². The van der Waals surface area contributed by atoms with Crippen LogP contribution in [-0.4, -0.2) is 9.97 Å². The van der Waals surface area contributed by atoms with E-state index in [1.165, 1.54) is 16.2 Å². The maximum atomic E-state index is 12.6. The molecule has 4 heterocycles. The molecule has 0 saturated carbocycles.